The predicted molar refractivity (Wildman–Crippen MR) is 60.1 cm³/mol. The summed E-state index contributed by atoms with van der Waals surface area (Å²) in [7, 11) is 0. The maximum atomic E-state index is 12.0. The van der Waals surface area contributed by atoms with Gasteiger partial charge in [0.25, 0.3) is 0 Å². The van der Waals surface area contributed by atoms with E-state index >= 15 is 0 Å². The number of hydrogen-bond donors (Lipinski definition) is 3. The van der Waals surface area contributed by atoms with E-state index in [2.05, 4.69) is 10.6 Å². The zero-order valence-corrected chi connectivity index (χ0v) is 10.1. The van der Waals surface area contributed by atoms with E-state index in [1.807, 2.05) is 6.92 Å². The van der Waals surface area contributed by atoms with Gasteiger partial charge in [-0.3, -0.25) is 9.59 Å². The van der Waals surface area contributed by atoms with E-state index in [0.717, 1.165) is 13.0 Å². The van der Waals surface area contributed by atoms with Crippen LogP contribution in [0.1, 0.15) is 33.6 Å². The number of carbonyl (C=O) groups is 2. The van der Waals surface area contributed by atoms with Crippen LogP contribution in [0.3, 0.4) is 0 Å². The largest absolute Gasteiger partial charge is 0.481 e. The molecular weight excluding hydrogens is 208 g/mol. The van der Waals surface area contributed by atoms with Gasteiger partial charge in [0.15, 0.2) is 0 Å². The number of nitrogens with one attached hydrogen (secondary N) is 2. The van der Waals surface area contributed by atoms with Crippen molar-refractivity contribution in [2.45, 2.75) is 39.2 Å². The molecule has 1 aliphatic heterocycles. The van der Waals surface area contributed by atoms with Gasteiger partial charge in [0.05, 0.1) is 11.8 Å². The van der Waals surface area contributed by atoms with Crippen molar-refractivity contribution in [1.82, 2.24) is 10.6 Å². The number of rotatable bonds is 4. The Kier molecular flexibility index (Phi) is 3.57. The number of carboxylic acids is 1. The van der Waals surface area contributed by atoms with Crippen molar-refractivity contribution in [3.05, 3.63) is 0 Å². The second-order valence-electron chi connectivity index (χ2n) is 5.40. The number of aliphatic carboxylic acids is 1. The Morgan fingerprint density at radius 3 is 2.56 bits per heavy atom. The smallest absolute Gasteiger partial charge is 0.305 e. The van der Waals surface area contributed by atoms with Crippen molar-refractivity contribution in [2.24, 2.45) is 5.41 Å². The molecule has 1 atom stereocenters. The Bertz CT molecular complexity index is 294. The third-order valence-corrected chi connectivity index (χ3v) is 2.96. The van der Waals surface area contributed by atoms with Gasteiger partial charge < -0.3 is 15.7 Å². The normalized spacial score (nSPS) is 25.4. The fourth-order valence-corrected chi connectivity index (χ4v) is 1.89. The van der Waals surface area contributed by atoms with Crippen LogP contribution in [0.15, 0.2) is 0 Å². The Balaban J connectivity index is 2.59. The molecule has 5 nitrogen and oxygen atoms in total. The molecule has 0 radical (unpaired) electrons. The molecule has 0 spiro atoms. The molecule has 0 saturated carbocycles. The minimum absolute atomic E-state index is 0.0660. The maximum Gasteiger partial charge on any atom is 0.305 e. The SMILES string of the molecule is CC(C)(CC(=O)O)NC(=O)C1(C)CCNC1. The minimum atomic E-state index is -0.903. The van der Waals surface area contributed by atoms with Crippen LogP contribution < -0.4 is 10.6 Å². The fraction of sp³-hybridized carbons (Fsp3) is 0.818. The van der Waals surface area contributed by atoms with Gasteiger partial charge in [0.1, 0.15) is 0 Å². The van der Waals surface area contributed by atoms with E-state index in [0.29, 0.717) is 6.54 Å². The summed E-state index contributed by atoms with van der Waals surface area (Å²) in [6.45, 7) is 6.85. The molecule has 0 aromatic carbocycles. The summed E-state index contributed by atoms with van der Waals surface area (Å²) in [5, 5.41) is 14.7. The lowest BCUT2D eigenvalue weighted by Crippen LogP contribution is -2.51. The van der Waals surface area contributed by atoms with Gasteiger partial charge in [-0.15, -0.1) is 0 Å². The highest BCUT2D eigenvalue weighted by molar-refractivity contribution is 5.84. The highest BCUT2D eigenvalue weighted by Gasteiger charge is 2.38. The Morgan fingerprint density at radius 2 is 2.12 bits per heavy atom. The topological polar surface area (TPSA) is 78.4 Å². The van der Waals surface area contributed by atoms with Crippen molar-refractivity contribution >= 4 is 11.9 Å². The minimum Gasteiger partial charge on any atom is -0.481 e. The van der Waals surface area contributed by atoms with Crippen LogP contribution in [0.4, 0.5) is 0 Å². The number of hydrogen-bond acceptors (Lipinski definition) is 3. The first-order chi connectivity index (χ1) is 7.25. The summed E-state index contributed by atoms with van der Waals surface area (Å²) >= 11 is 0. The molecule has 1 heterocycles. The molecule has 1 unspecified atom stereocenters. The molecule has 1 fully saturated rings. The molecule has 16 heavy (non-hydrogen) atoms. The average Bonchev–Trinajstić information content (AvgIpc) is 2.49. The Morgan fingerprint density at radius 1 is 1.50 bits per heavy atom. The van der Waals surface area contributed by atoms with Crippen molar-refractivity contribution in [3.63, 3.8) is 0 Å². The summed E-state index contributed by atoms with van der Waals surface area (Å²) in [6.07, 6.45) is 0.726. The van der Waals surface area contributed by atoms with E-state index in [4.69, 9.17) is 5.11 Å². The number of carbonyl (C=O) groups excluding carboxylic acids is 1. The molecule has 0 bridgehead atoms. The number of carboxylic acid groups (broad SMARTS) is 1. The van der Waals surface area contributed by atoms with Gasteiger partial charge in [-0.25, -0.2) is 0 Å². The van der Waals surface area contributed by atoms with Crippen LogP contribution in [-0.4, -0.2) is 35.6 Å². The van der Waals surface area contributed by atoms with Gasteiger partial charge >= 0.3 is 5.97 Å². The molecule has 1 amide bonds. The van der Waals surface area contributed by atoms with E-state index in [1.54, 1.807) is 13.8 Å². The second kappa shape index (κ2) is 4.41. The van der Waals surface area contributed by atoms with Crippen LogP contribution in [0.5, 0.6) is 0 Å². The predicted octanol–water partition coefficient (Wildman–Crippen LogP) is 0.356. The standard InChI is InChI=1S/C11H20N2O3/c1-10(2,6-8(14)15)13-9(16)11(3)4-5-12-7-11/h12H,4-7H2,1-3H3,(H,13,16)(H,14,15). The first-order valence-corrected chi connectivity index (χ1v) is 5.50. The molecule has 5 heteroatoms. The lowest BCUT2D eigenvalue weighted by molar-refractivity contribution is -0.139. The lowest BCUT2D eigenvalue weighted by Gasteiger charge is -2.30. The zero-order chi connectivity index (χ0) is 12.4. The van der Waals surface area contributed by atoms with Crippen LogP contribution in [0.2, 0.25) is 0 Å². The third kappa shape index (κ3) is 3.20. The van der Waals surface area contributed by atoms with Crippen molar-refractivity contribution in [3.8, 4) is 0 Å². The van der Waals surface area contributed by atoms with Crippen LogP contribution in [0, 0.1) is 5.41 Å². The summed E-state index contributed by atoms with van der Waals surface area (Å²) in [6, 6.07) is 0. The Hall–Kier alpha value is -1.10. The maximum absolute atomic E-state index is 12.0. The molecule has 1 aliphatic rings. The molecule has 0 aliphatic carbocycles. The van der Waals surface area contributed by atoms with Gasteiger partial charge in [0.2, 0.25) is 5.91 Å². The third-order valence-electron chi connectivity index (χ3n) is 2.96. The van der Waals surface area contributed by atoms with E-state index in [1.165, 1.54) is 0 Å². The molecule has 3 N–H and O–H groups in total. The quantitative estimate of drug-likeness (QED) is 0.649. The van der Waals surface area contributed by atoms with Gasteiger partial charge in [0, 0.05) is 12.1 Å². The summed E-state index contributed by atoms with van der Waals surface area (Å²) in [4.78, 5) is 22.7. The lowest BCUT2D eigenvalue weighted by atomic mass is 9.87. The first-order valence-electron chi connectivity index (χ1n) is 5.50. The highest BCUT2D eigenvalue weighted by atomic mass is 16.4. The van der Waals surface area contributed by atoms with Gasteiger partial charge in [-0.1, -0.05) is 0 Å². The van der Waals surface area contributed by atoms with Crippen molar-refractivity contribution in [2.75, 3.05) is 13.1 Å². The van der Waals surface area contributed by atoms with E-state index in [9.17, 15) is 9.59 Å². The molecule has 1 saturated heterocycles. The second-order valence-corrected chi connectivity index (χ2v) is 5.40. The van der Waals surface area contributed by atoms with Crippen LogP contribution in [-0.2, 0) is 9.59 Å². The van der Waals surface area contributed by atoms with Crippen molar-refractivity contribution in [1.29, 1.82) is 0 Å². The molecule has 1 rings (SSSR count). The van der Waals surface area contributed by atoms with Gasteiger partial charge in [-0.05, 0) is 33.7 Å². The zero-order valence-electron chi connectivity index (χ0n) is 10.1. The molecule has 92 valence electrons. The molecule has 0 aromatic heterocycles. The summed E-state index contributed by atoms with van der Waals surface area (Å²) in [5.41, 5.74) is -1.11. The fourth-order valence-electron chi connectivity index (χ4n) is 1.89. The highest BCUT2D eigenvalue weighted by Crippen LogP contribution is 2.25. The Labute approximate surface area is 95.6 Å². The molecule has 0 aromatic rings. The number of amides is 1. The summed E-state index contributed by atoms with van der Waals surface area (Å²) in [5.74, 6) is -0.969. The molecular formula is C11H20N2O3. The summed E-state index contributed by atoms with van der Waals surface area (Å²) < 4.78 is 0. The first kappa shape index (κ1) is 13.0. The van der Waals surface area contributed by atoms with Crippen LogP contribution >= 0.6 is 0 Å². The van der Waals surface area contributed by atoms with Crippen LogP contribution in [0.25, 0.3) is 0 Å². The average molecular weight is 228 g/mol. The van der Waals surface area contributed by atoms with Crippen molar-refractivity contribution < 1.29 is 14.7 Å². The van der Waals surface area contributed by atoms with E-state index in [-0.39, 0.29) is 12.3 Å². The monoisotopic (exact) mass is 228 g/mol. The van der Waals surface area contributed by atoms with Gasteiger partial charge in [-0.2, -0.15) is 0 Å². The van der Waals surface area contributed by atoms with E-state index < -0.39 is 16.9 Å².